The maximum absolute atomic E-state index is 6.10. The Kier molecular flexibility index (Phi) is 5.33. The van der Waals surface area contributed by atoms with Crippen LogP contribution in [0.1, 0.15) is 5.69 Å². The van der Waals surface area contributed by atoms with Gasteiger partial charge in [0.25, 0.3) is 0 Å². The van der Waals surface area contributed by atoms with E-state index in [1.807, 2.05) is 23.6 Å². The molecule has 162 valence electrons. The Bertz CT molecular complexity index is 1470. The third kappa shape index (κ3) is 3.95. The number of methoxy groups -OCH3 is 1. The first-order valence-electron chi connectivity index (χ1n) is 9.38. The molecule has 0 atom stereocenters. The molecule has 0 unspecified atom stereocenters. The number of fused-ring (bicyclic) bond motifs is 1. The molecule has 0 aliphatic carbocycles. The van der Waals surface area contributed by atoms with Crippen LogP contribution in [0.15, 0.2) is 52.5 Å². The number of nitrogens with one attached hydrogen (secondary N) is 1. The van der Waals surface area contributed by atoms with Crippen molar-refractivity contribution in [2.24, 2.45) is 0 Å². The van der Waals surface area contributed by atoms with Crippen molar-refractivity contribution in [1.29, 1.82) is 0 Å². The van der Waals surface area contributed by atoms with Crippen molar-refractivity contribution < 1.29 is 13.9 Å². The Morgan fingerprint density at radius 3 is 2.91 bits per heavy atom. The lowest BCUT2D eigenvalue weighted by molar-refractivity contribution is 0.303. The van der Waals surface area contributed by atoms with E-state index in [0.717, 1.165) is 21.7 Å². The number of halogens is 1. The molecule has 8 nitrogen and oxygen atoms in total. The lowest BCUT2D eigenvalue weighted by Gasteiger charge is -2.07. The number of nitrogen functional groups attached to an aromatic ring is 1. The number of nitrogens with zero attached hydrogens (tertiary/aromatic N) is 3. The number of aromatic amines is 1. The lowest BCUT2D eigenvalue weighted by atomic mass is 10.2. The minimum atomic E-state index is 0.280. The monoisotopic (exact) mass is 485 g/mol. The van der Waals surface area contributed by atoms with E-state index in [0.29, 0.717) is 38.5 Å². The number of ether oxygens (including phenoxy) is 2. The number of H-pyrrole nitrogens is 1. The van der Waals surface area contributed by atoms with Gasteiger partial charge in [0.15, 0.2) is 10.5 Å². The third-order valence-electron chi connectivity index (χ3n) is 4.72. The molecule has 0 spiro atoms. The van der Waals surface area contributed by atoms with Gasteiger partial charge in [-0.3, -0.25) is 0 Å². The molecule has 32 heavy (non-hydrogen) atoms. The van der Waals surface area contributed by atoms with Crippen molar-refractivity contribution >= 4 is 46.1 Å². The Morgan fingerprint density at radius 2 is 2.19 bits per heavy atom. The maximum Gasteiger partial charge on any atom is 0.196 e. The number of imidazole rings is 1. The number of nitrogens with two attached hydrogens (primary N) is 1. The Labute approximate surface area is 196 Å². The summed E-state index contributed by atoms with van der Waals surface area (Å²) in [5, 5.41) is 4.03. The first-order chi connectivity index (χ1) is 15.5. The molecule has 5 rings (SSSR count). The fourth-order valence-corrected chi connectivity index (χ4v) is 4.22. The largest absolute Gasteiger partial charge is 0.496 e. The number of furan rings is 1. The van der Waals surface area contributed by atoms with Crippen LogP contribution in [0.2, 0.25) is 5.15 Å². The fraction of sp³-hybridized carbons (Fsp3) is 0.0952. The molecule has 0 radical (unpaired) electrons. The van der Waals surface area contributed by atoms with Gasteiger partial charge in [-0.05, 0) is 30.4 Å². The van der Waals surface area contributed by atoms with Crippen LogP contribution in [0.25, 0.3) is 33.0 Å². The van der Waals surface area contributed by atoms with E-state index in [2.05, 4.69) is 15.0 Å². The van der Waals surface area contributed by atoms with Crippen LogP contribution in [-0.4, -0.2) is 26.7 Å². The number of benzene rings is 1. The second kappa shape index (κ2) is 8.30. The molecule has 0 aliphatic heterocycles. The molecule has 0 saturated heterocycles. The highest BCUT2D eigenvalue weighted by molar-refractivity contribution is 7.71. The molecule has 3 N–H and O–H groups in total. The van der Waals surface area contributed by atoms with Crippen molar-refractivity contribution in [2.45, 2.75) is 6.61 Å². The average molecular weight is 486 g/mol. The number of aromatic nitrogens is 4. The van der Waals surface area contributed by atoms with Gasteiger partial charge in [0.05, 0.1) is 24.4 Å². The molecular formula is C21H16ClN5O3S2. The van der Waals surface area contributed by atoms with Crippen molar-refractivity contribution in [3.8, 4) is 33.5 Å². The van der Waals surface area contributed by atoms with Crippen LogP contribution in [-0.2, 0) is 6.61 Å². The number of hydrogen-bond donors (Lipinski definition) is 2. The Hall–Kier alpha value is -3.34. The van der Waals surface area contributed by atoms with Crippen molar-refractivity contribution in [3.63, 3.8) is 0 Å². The van der Waals surface area contributed by atoms with Gasteiger partial charge >= 0.3 is 0 Å². The zero-order valence-corrected chi connectivity index (χ0v) is 19.1. The summed E-state index contributed by atoms with van der Waals surface area (Å²) in [5.41, 5.74) is 2.98. The van der Waals surface area contributed by atoms with E-state index in [4.69, 9.17) is 43.6 Å². The fourth-order valence-electron chi connectivity index (χ4n) is 3.15. The first kappa shape index (κ1) is 20.6. The second-order valence-corrected chi connectivity index (χ2v) is 8.46. The average Bonchev–Trinajstić information content (AvgIpc) is 3.51. The first-order valence-corrected chi connectivity index (χ1v) is 11.0. The second-order valence-electron chi connectivity index (χ2n) is 6.83. The SMILES string of the molecule is COc1cc(OCc2csc(-c3ccc(Cl)nc3)n2)c2cc(-c3cn(N)c(=S)[nH]3)oc2c1. The molecule has 0 bridgehead atoms. The van der Waals surface area contributed by atoms with Gasteiger partial charge in [-0.15, -0.1) is 11.3 Å². The van der Waals surface area contributed by atoms with E-state index >= 15 is 0 Å². The summed E-state index contributed by atoms with van der Waals surface area (Å²) in [6.45, 7) is 0.280. The third-order valence-corrected chi connectivity index (χ3v) is 6.20. The highest BCUT2D eigenvalue weighted by Crippen LogP contribution is 2.37. The lowest BCUT2D eigenvalue weighted by Crippen LogP contribution is -2.05. The molecule has 0 fully saturated rings. The van der Waals surface area contributed by atoms with Gasteiger partial charge in [0.1, 0.15) is 39.5 Å². The topological polar surface area (TPSA) is 104 Å². The summed E-state index contributed by atoms with van der Waals surface area (Å²) < 4.78 is 19.2. The summed E-state index contributed by atoms with van der Waals surface area (Å²) in [6.07, 6.45) is 3.37. The zero-order valence-electron chi connectivity index (χ0n) is 16.7. The molecule has 4 aromatic heterocycles. The van der Waals surface area contributed by atoms with Gasteiger partial charge in [-0.2, -0.15) is 0 Å². The van der Waals surface area contributed by atoms with Crippen molar-refractivity contribution in [3.05, 3.63) is 63.7 Å². The minimum absolute atomic E-state index is 0.280. The molecule has 1 aromatic carbocycles. The van der Waals surface area contributed by atoms with E-state index in [1.165, 1.54) is 16.0 Å². The predicted molar refractivity (Wildman–Crippen MR) is 126 cm³/mol. The van der Waals surface area contributed by atoms with Gasteiger partial charge in [0.2, 0.25) is 0 Å². The summed E-state index contributed by atoms with van der Waals surface area (Å²) >= 11 is 12.5. The smallest absolute Gasteiger partial charge is 0.196 e. The van der Waals surface area contributed by atoms with Crippen molar-refractivity contribution in [2.75, 3.05) is 13.0 Å². The molecule has 11 heteroatoms. The summed E-state index contributed by atoms with van der Waals surface area (Å²) in [5.74, 6) is 7.60. The normalized spacial score (nSPS) is 11.2. The minimum Gasteiger partial charge on any atom is -0.496 e. The molecule has 0 aliphatic rings. The quantitative estimate of drug-likeness (QED) is 0.187. The van der Waals surface area contributed by atoms with Crippen molar-refractivity contribution in [1.82, 2.24) is 19.6 Å². The van der Waals surface area contributed by atoms with Crippen LogP contribution in [0.3, 0.4) is 0 Å². The van der Waals surface area contributed by atoms with E-state index in [9.17, 15) is 0 Å². The number of thiazole rings is 1. The highest BCUT2D eigenvalue weighted by atomic mass is 35.5. The number of rotatable bonds is 6. The molecule has 4 heterocycles. The van der Waals surface area contributed by atoms with Crippen LogP contribution < -0.4 is 15.3 Å². The van der Waals surface area contributed by atoms with E-state index in [-0.39, 0.29) is 6.61 Å². The Balaban J connectivity index is 1.43. The summed E-state index contributed by atoms with van der Waals surface area (Å²) in [6, 6.07) is 9.11. The van der Waals surface area contributed by atoms with Gasteiger partial charge < -0.3 is 24.7 Å². The van der Waals surface area contributed by atoms with Crippen LogP contribution >= 0.6 is 35.2 Å². The van der Waals surface area contributed by atoms with Gasteiger partial charge in [-0.1, -0.05) is 11.6 Å². The highest BCUT2D eigenvalue weighted by Gasteiger charge is 2.15. The van der Waals surface area contributed by atoms with Crippen LogP contribution in [0, 0.1) is 4.77 Å². The van der Waals surface area contributed by atoms with E-state index in [1.54, 1.807) is 31.6 Å². The summed E-state index contributed by atoms with van der Waals surface area (Å²) in [4.78, 5) is 11.8. The van der Waals surface area contributed by atoms with Crippen LogP contribution in [0.4, 0.5) is 0 Å². The number of pyridine rings is 1. The van der Waals surface area contributed by atoms with Gasteiger partial charge in [-0.25, -0.2) is 14.6 Å². The predicted octanol–water partition coefficient (Wildman–Crippen LogP) is 5.43. The standard InChI is InChI=1S/C21H16ClN5O3S2/c1-28-13-4-16(14-6-18(30-17(14)5-13)15-8-27(23)21(31)26-15)29-9-12-10-32-20(25-12)11-2-3-19(22)24-7-11/h2-8,10H,9,23H2,1H3,(H,26,31). The number of hydrogen-bond acceptors (Lipinski definition) is 8. The maximum atomic E-state index is 6.10. The molecular weight excluding hydrogens is 470 g/mol. The zero-order chi connectivity index (χ0) is 22.2. The molecule has 0 saturated carbocycles. The van der Waals surface area contributed by atoms with Crippen LogP contribution in [0.5, 0.6) is 11.5 Å². The summed E-state index contributed by atoms with van der Waals surface area (Å²) in [7, 11) is 1.59. The Morgan fingerprint density at radius 1 is 1.31 bits per heavy atom. The van der Waals surface area contributed by atoms with Gasteiger partial charge in [0, 0.05) is 29.3 Å². The molecule has 0 amide bonds. The van der Waals surface area contributed by atoms with E-state index < -0.39 is 0 Å². The molecule has 5 aromatic rings.